The fourth-order valence-electron chi connectivity index (χ4n) is 2.27. The van der Waals surface area contributed by atoms with Gasteiger partial charge < -0.3 is 15.0 Å². The van der Waals surface area contributed by atoms with Crippen LogP contribution in [-0.2, 0) is 4.74 Å². The molecular weight excluding hydrogens is 188 g/mol. The second kappa shape index (κ2) is 7.20. The highest BCUT2D eigenvalue weighted by Crippen LogP contribution is 2.16. The molecule has 1 fully saturated rings. The number of likely N-dealkylation sites (tertiary alicyclic amines) is 1. The summed E-state index contributed by atoms with van der Waals surface area (Å²) in [4.78, 5) is 2.54. The van der Waals surface area contributed by atoms with Gasteiger partial charge in [-0.25, -0.2) is 0 Å². The van der Waals surface area contributed by atoms with E-state index in [1.54, 1.807) is 7.11 Å². The van der Waals surface area contributed by atoms with Gasteiger partial charge in [-0.05, 0) is 45.3 Å². The van der Waals surface area contributed by atoms with Crippen LogP contribution in [0.25, 0.3) is 0 Å². The van der Waals surface area contributed by atoms with Crippen molar-refractivity contribution in [1.29, 1.82) is 0 Å². The molecule has 1 aliphatic rings. The molecule has 0 aromatic carbocycles. The van der Waals surface area contributed by atoms with Gasteiger partial charge in [0, 0.05) is 20.2 Å². The third-order valence-electron chi connectivity index (χ3n) is 3.20. The standard InChI is InChI=1S/C12H26N2O/c1-4-13-8-12-6-5-7-14(10-12)9-11(2)15-3/h11-13H,4-10H2,1-3H3. The van der Waals surface area contributed by atoms with E-state index in [0.29, 0.717) is 6.10 Å². The number of rotatable bonds is 6. The smallest absolute Gasteiger partial charge is 0.0670 e. The summed E-state index contributed by atoms with van der Waals surface area (Å²) in [5.41, 5.74) is 0. The van der Waals surface area contributed by atoms with Crippen LogP contribution in [0.4, 0.5) is 0 Å². The van der Waals surface area contributed by atoms with Gasteiger partial charge in [0.2, 0.25) is 0 Å². The summed E-state index contributed by atoms with van der Waals surface area (Å²) in [5, 5.41) is 3.45. The molecular formula is C12H26N2O. The Kier molecular flexibility index (Phi) is 6.22. The van der Waals surface area contributed by atoms with E-state index in [0.717, 1.165) is 19.0 Å². The molecule has 0 bridgehead atoms. The Labute approximate surface area is 94.2 Å². The summed E-state index contributed by atoms with van der Waals surface area (Å²) < 4.78 is 5.31. The molecule has 0 aromatic heterocycles. The molecule has 2 unspecified atom stereocenters. The van der Waals surface area contributed by atoms with Crippen LogP contribution >= 0.6 is 0 Å². The molecule has 15 heavy (non-hydrogen) atoms. The average Bonchev–Trinajstić information content (AvgIpc) is 2.26. The zero-order valence-corrected chi connectivity index (χ0v) is 10.5. The highest BCUT2D eigenvalue weighted by Gasteiger charge is 2.20. The minimum absolute atomic E-state index is 0.364. The zero-order valence-electron chi connectivity index (χ0n) is 10.5. The maximum absolute atomic E-state index is 5.31. The number of nitrogens with one attached hydrogen (secondary N) is 1. The van der Waals surface area contributed by atoms with Crippen LogP contribution in [0.1, 0.15) is 26.7 Å². The molecule has 3 nitrogen and oxygen atoms in total. The summed E-state index contributed by atoms with van der Waals surface area (Å²) in [7, 11) is 1.80. The van der Waals surface area contributed by atoms with Gasteiger partial charge in [0.15, 0.2) is 0 Å². The number of hydrogen-bond acceptors (Lipinski definition) is 3. The van der Waals surface area contributed by atoms with E-state index < -0.39 is 0 Å². The van der Waals surface area contributed by atoms with Crippen molar-refractivity contribution in [2.24, 2.45) is 5.92 Å². The Bertz CT molecular complexity index is 164. The molecule has 0 aromatic rings. The third kappa shape index (κ3) is 4.96. The lowest BCUT2D eigenvalue weighted by Gasteiger charge is -2.34. The molecule has 90 valence electrons. The Morgan fingerprint density at radius 3 is 3.00 bits per heavy atom. The molecule has 1 N–H and O–H groups in total. The lowest BCUT2D eigenvalue weighted by atomic mass is 9.98. The number of piperidine rings is 1. The molecule has 0 saturated carbocycles. The predicted molar refractivity (Wildman–Crippen MR) is 64.2 cm³/mol. The van der Waals surface area contributed by atoms with Gasteiger partial charge in [0.05, 0.1) is 6.10 Å². The molecule has 0 amide bonds. The summed E-state index contributed by atoms with van der Waals surface area (Å²) in [6.07, 6.45) is 3.08. The second-order valence-corrected chi connectivity index (χ2v) is 4.62. The van der Waals surface area contributed by atoms with Crippen molar-refractivity contribution < 1.29 is 4.74 Å². The number of methoxy groups -OCH3 is 1. The quantitative estimate of drug-likeness (QED) is 0.722. The van der Waals surface area contributed by atoms with Crippen LogP contribution in [0.5, 0.6) is 0 Å². The van der Waals surface area contributed by atoms with Crippen molar-refractivity contribution in [2.45, 2.75) is 32.8 Å². The van der Waals surface area contributed by atoms with E-state index in [1.807, 2.05) is 0 Å². The molecule has 2 atom stereocenters. The van der Waals surface area contributed by atoms with Crippen molar-refractivity contribution in [2.75, 3.05) is 39.8 Å². The van der Waals surface area contributed by atoms with Gasteiger partial charge in [-0.1, -0.05) is 6.92 Å². The first-order valence-electron chi connectivity index (χ1n) is 6.22. The van der Waals surface area contributed by atoms with Crippen molar-refractivity contribution in [3.05, 3.63) is 0 Å². The van der Waals surface area contributed by atoms with Gasteiger partial charge >= 0.3 is 0 Å². The van der Waals surface area contributed by atoms with Crippen molar-refractivity contribution in [3.8, 4) is 0 Å². The van der Waals surface area contributed by atoms with Gasteiger partial charge in [-0.3, -0.25) is 0 Å². The number of nitrogens with zero attached hydrogens (tertiary/aromatic N) is 1. The van der Waals surface area contributed by atoms with Crippen molar-refractivity contribution >= 4 is 0 Å². The minimum Gasteiger partial charge on any atom is -0.380 e. The van der Waals surface area contributed by atoms with Crippen LogP contribution in [0, 0.1) is 5.92 Å². The summed E-state index contributed by atoms with van der Waals surface area (Å²) in [5.74, 6) is 0.836. The Morgan fingerprint density at radius 1 is 1.53 bits per heavy atom. The molecule has 1 rings (SSSR count). The van der Waals surface area contributed by atoms with E-state index in [4.69, 9.17) is 4.74 Å². The van der Waals surface area contributed by atoms with Gasteiger partial charge in [0.25, 0.3) is 0 Å². The Morgan fingerprint density at radius 2 is 2.33 bits per heavy atom. The maximum atomic E-state index is 5.31. The third-order valence-corrected chi connectivity index (χ3v) is 3.20. The predicted octanol–water partition coefficient (Wildman–Crippen LogP) is 1.34. The van der Waals surface area contributed by atoms with Crippen LogP contribution < -0.4 is 5.32 Å². The molecule has 0 radical (unpaired) electrons. The van der Waals surface area contributed by atoms with Gasteiger partial charge in [0.1, 0.15) is 0 Å². The molecule has 0 spiro atoms. The molecule has 1 saturated heterocycles. The maximum Gasteiger partial charge on any atom is 0.0670 e. The first-order chi connectivity index (χ1) is 7.26. The van der Waals surface area contributed by atoms with Crippen LogP contribution in [0.2, 0.25) is 0 Å². The van der Waals surface area contributed by atoms with Gasteiger partial charge in [-0.2, -0.15) is 0 Å². The van der Waals surface area contributed by atoms with E-state index in [1.165, 1.54) is 32.5 Å². The fourth-order valence-corrected chi connectivity index (χ4v) is 2.27. The molecule has 0 aliphatic carbocycles. The number of hydrogen-bond donors (Lipinski definition) is 1. The highest BCUT2D eigenvalue weighted by atomic mass is 16.5. The van der Waals surface area contributed by atoms with Gasteiger partial charge in [-0.15, -0.1) is 0 Å². The molecule has 1 heterocycles. The minimum atomic E-state index is 0.364. The van der Waals surface area contributed by atoms with Crippen LogP contribution in [0.15, 0.2) is 0 Å². The summed E-state index contributed by atoms with van der Waals surface area (Å²) >= 11 is 0. The van der Waals surface area contributed by atoms with Crippen LogP contribution in [-0.4, -0.2) is 50.8 Å². The first-order valence-corrected chi connectivity index (χ1v) is 6.22. The second-order valence-electron chi connectivity index (χ2n) is 4.62. The lowest BCUT2D eigenvalue weighted by Crippen LogP contribution is -2.42. The van der Waals surface area contributed by atoms with E-state index in [2.05, 4.69) is 24.1 Å². The van der Waals surface area contributed by atoms with E-state index >= 15 is 0 Å². The van der Waals surface area contributed by atoms with Crippen LogP contribution in [0.3, 0.4) is 0 Å². The normalized spacial score (nSPS) is 25.4. The highest BCUT2D eigenvalue weighted by molar-refractivity contribution is 4.75. The van der Waals surface area contributed by atoms with Crippen molar-refractivity contribution in [3.63, 3.8) is 0 Å². The number of ether oxygens (including phenoxy) is 1. The zero-order chi connectivity index (χ0) is 11.1. The van der Waals surface area contributed by atoms with Crippen molar-refractivity contribution in [1.82, 2.24) is 10.2 Å². The molecule has 1 aliphatic heterocycles. The summed E-state index contributed by atoms with van der Waals surface area (Å²) in [6, 6.07) is 0. The lowest BCUT2D eigenvalue weighted by molar-refractivity contribution is 0.0593. The molecule has 3 heteroatoms. The Balaban J connectivity index is 2.22. The largest absolute Gasteiger partial charge is 0.380 e. The Hall–Kier alpha value is -0.120. The SMILES string of the molecule is CCNCC1CCCN(CC(C)OC)C1. The summed E-state index contributed by atoms with van der Waals surface area (Å²) in [6.45, 7) is 10.1. The first kappa shape index (κ1) is 12.9. The topological polar surface area (TPSA) is 24.5 Å². The fraction of sp³-hybridized carbons (Fsp3) is 1.00. The monoisotopic (exact) mass is 214 g/mol. The average molecular weight is 214 g/mol. The van der Waals surface area contributed by atoms with E-state index in [-0.39, 0.29) is 0 Å². The van der Waals surface area contributed by atoms with E-state index in [9.17, 15) is 0 Å².